The summed E-state index contributed by atoms with van der Waals surface area (Å²) in [6, 6.07) is 9.98. The summed E-state index contributed by atoms with van der Waals surface area (Å²) in [6.07, 6.45) is 1.53. The van der Waals surface area contributed by atoms with E-state index in [1.807, 2.05) is 29.2 Å². The fraction of sp³-hybridized carbons (Fsp3) is 0.562. The van der Waals surface area contributed by atoms with E-state index in [0.29, 0.717) is 18.5 Å². The maximum Gasteiger partial charge on any atom is 0.222 e. The summed E-state index contributed by atoms with van der Waals surface area (Å²) < 4.78 is 33.0. The Morgan fingerprint density at radius 3 is 2.29 bits per heavy atom. The van der Waals surface area contributed by atoms with Crippen LogP contribution >= 0.6 is 0 Å². The maximum absolute atomic E-state index is 13.9. The molecule has 5 atom stereocenters. The highest BCUT2D eigenvalue weighted by atomic mass is 19.1. The first-order valence-electron chi connectivity index (χ1n) is 14.7. The Labute approximate surface area is 242 Å². The van der Waals surface area contributed by atoms with Crippen molar-refractivity contribution in [2.45, 2.75) is 71.6 Å². The van der Waals surface area contributed by atoms with Crippen LogP contribution < -0.4 is 15.4 Å². The first-order valence-corrected chi connectivity index (χ1v) is 14.7. The van der Waals surface area contributed by atoms with Gasteiger partial charge in [0, 0.05) is 45.1 Å². The van der Waals surface area contributed by atoms with Gasteiger partial charge >= 0.3 is 0 Å². The van der Waals surface area contributed by atoms with E-state index in [1.165, 1.54) is 12.1 Å². The predicted molar refractivity (Wildman–Crippen MR) is 155 cm³/mol. The zero-order valence-corrected chi connectivity index (χ0v) is 24.7. The number of carbonyl (C=O) groups excluding carboxylic acids is 2. The van der Waals surface area contributed by atoms with Crippen LogP contribution in [0.15, 0.2) is 42.5 Å². The van der Waals surface area contributed by atoms with Gasteiger partial charge in [-0.15, -0.1) is 0 Å². The summed E-state index contributed by atoms with van der Waals surface area (Å²) in [4.78, 5) is 27.9. The van der Waals surface area contributed by atoms with E-state index in [2.05, 4.69) is 31.4 Å². The standard InChI is InChI=1S/C32H45F2N3O4/c1-5-10-37(11-6-2)32(40)18-28-21(3)27(28)17-31(39)36-29(15-23-12-24(33)16-25(34)13-23)30(38)20-35-19-22-8-7-9-26(14-22)41-4/h7-9,12-14,16,21,27-30,35,38H,5-6,10-11,15,17-20H2,1-4H3,(H,36,39)/t21-,27+,28+,29-,30+/m0/s1. The van der Waals surface area contributed by atoms with Crippen molar-refractivity contribution in [1.82, 2.24) is 15.5 Å². The van der Waals surface area contributed by atoms with Crippen LogP contribution in [-0.2, 0) is 22.6 Å². The van der Waals surface area contributed by atoms with Crippen molar-refractivity contribution in [2.75, 3.05) is 26.7 Å². The van der Waals surface area contributed by atoms with Crippen molar-refractivity contribution in [3.63, 3.8) is 0 Å². The number of hydrogen-bond acceptors (Lipinski definition) is 5. The summed E-state index contributed by atoms with van der Waals surface area (Å²) in [5.41, 5.74) is 1.30. The molecule has 2 aromatic rings. The summed E-state index contributed by atoms with van der Waals surface area (Å²) in [6.45, 7) is 8.27. The lowest BCUT2D eigenvalue weighted by Crippen LogP contribution is -2.48. The molecule has 0 heterocycles. The second kappa shape index (κ2) is 15.8. The van der Waals surface area contributed by atoms with Crippen molar-refractivity contribution in [2.24, 2.45) is 17.8 Å². The Morgan fingerprint density at radius 2 is 1.66 bits per heavy atom. The third kappa shape index (κ3) is 10.1. The number of halogens is 2. The first-order chi connectivity index (χ1) is 19.6. The number of aliphatic hydroxyl groups excluding tert-OH is 1. The molecule has 3 N–H and O–H groups in total. The molecule has 0 saturated heterocycles. The zero-order valence-electron chi connectivity index (χ0n) is 24.7. The van der Waals surface area contributed by atoms with Crippen LogP contribution in [0.4, 0.5) is 8.78 Å². The number of rotatable bonds is 17. The predicted octanol–water partition coefficient (Wildman–Crippen LogP) is 4.46. The summed E-state index contributed by atoms with van der Waals surface area (Å²) in [5.74, 6) is -0.331. The minimum absolute atomic E-state index is 0.0631. The van der Waals surface area contributed by atoms with Crippen LogP contribution in [0.2, 0.25) is 0 Å². The molecule has 3 rings (SSSR count). The minimum Gasteiger partial charge on any atom is -0.497 e. The third-order valence-electron chi connectivity index (χ3n) is 7.94. The maximum atomic E-state index is 13.9. The zero-order chi connectivity index (χ0) is 29.9. The molecule has 0 radical (unpaired) electrons. The minimum atomic E-state index is -1.01. The van der Waals surface area contributed by atoms with Crippen LogP contribution in [0.1, 0.15) is 57.6 Å². The average molecular weight is 574 g/mol. The van der Waals surface area contributed by atoms with E-state index in [1.54, 1.807) is 7.11 Å². The molecule has 2 aromatic carbocycles. The Kier molecular flexibility index (Phi) is 12.5. The lowest BCUT2D eigenvalue weighted by atomic mass is 10.00. The molecular weight excluding hydrogens is 528 g/mol. The van der Waals surface area contributed by atoms with E-state index >= 15 is 0 Å². The van der Waals surface area contributed by atoms with E-state index in [9.17, 15) is 23.5 Å². The quantitative estimate of drug-likeness (QED) is 0.260. The van der Waals surface area contributed by atoms with Crippen molar-refractivity contribution in [3.05, 3.63) is 65.2 Å². The second-order valence-electron chi connectivity index (χ2n) is 11.2. The van der Waals surface area contributed by atoms with Gasteiger partial charge in [-0.1, -0.05) is 32.9 Å². The topological polar surface area (TPSA) is 90.9 Å². The lowest BCUT2D eigenvalue weighted by molar-refractivity contribution is -0.132. The van der Waals surface area contributed by atoms with Crippen molar-refractivity contribution in [3.8, 4) is 5.75 Å². The normalized spacial score (nSPS) is 19.3. The summed E-state index contributed by atoms with van der Waals surface area (Å²) >= 11 is 0. The Balaban J connectivity index is 1.60. The van der Waals surface area contributed by atoms with Crippen LogP contribution in [-0.4, -0.2) is 60.7 Å². The van der Waals surface area contributed by atoms with E-state index < -0.39 is 23.8 Å². The molecule has 0 unspecified atom stereocenters. The highest BCUT2D eigenvalue weighted by Crippen LogP contribution is 2.50. The van der Waals surface area contributed by atoms with Gasteiger partial charge in [-0.25, -0.2) is 8.78 Å². The molecule has 9 heteroatoms. The van der Waals surface area contributed by atoms with E-state index in [-0.39, 0.29) is 49.0 Å². The number of nitrogens with one attached hydrogen (secondary N) is 2. The van der Waals surface area contributed by atoms with Crippen LogP contribution in [0.5, 0.6) is 5.75 Å². The third-order valence-corrected chi connectivity index (χ3v) is 7.94. The molecule has 1 aliphatic carbocycles. The Bertz CT molecular complexity index is 1120. The van der Waals surface area contributed by atoms with Crippen molar-refractivity contribution >= 4 is 11.8 Å². The second-order valence-corrected chi connectivity index (χ2v) is 11.2. The molecule has 1 aliphatic rings. The highest BCUT2D eigenvalue weighted by Gasteiger charge is 2.48. The lowest BCUT2D eigenvalue weighted by Gasteiger charge is -2.25. The highest BCUT2D eigenvalue weighted by molar-refractivity contribution is 5.79. The number of hydrogen-bond donors (Lipinski definition) is 3. The molecule has 0 spiro atoms. The van der Waals surface area contributed by atoms with E-state index in [0.717, 1.165) is 43.3 Å². The van der Waals surface area contributed by atoms with Gasteiger partial charge in [0.25, 0.3) is 0 Å². The fourth-order valence-corrected chi connectivity index (χ4v) is 5.58. The summed E-state index contributed by atoms with van der Waals surface area (Å²) in [7, 11) is 1.59. The largest absolute Gasteiger partial charge is 0.497 e. The molecule has 0 aliphatic heterocycles. The molecular formula is C32H45F2N3O4. The number of carbonyl (C=O) groups is 2. The molecule has 2 amide bonds. The molecule has 0 bridgehead atoms. The van der Waals surface area contributed by atoms with Gasteiger partial charge in [-0.2, -0.15) is 0 Å². The fourth-order valence-electron chi connectivity index (χ4n) is 5.58. The first kappa shape index (κ1) is 32.5. The van der Waals surface area contributed by atoms with Crippen molar-refractivity contribution in [1.29, 1.82) is 0 Å². The van der Waals surface area contributed by atoms with Gasteiger partial charge in [0.15, 0.2) is 0 Å². The van der Waals surface area contributed by atoms with Gasteiger partial charge in [0.1, 0.15) is 17.4 Å². The molecule has 41 heavy (non-hydrogen) atoms. The molecule has 1 fully saturated rings. The van der Waals surface area contributed by atoms with Gasteiger partial charge < -0.3 is 25.4 Å². The van der Waals surface area contributed by atoms with Crippen LogP contribution in [0.3, 0.4) is 0 Å². The number of benzene rings is 2. The Morgan fingerprint density at radius 1 is 1.00 bits per heavy atom. The van der Waals surface area contributed by atoms with Gasteiger partial charge in [-0.05, 0) is 72.4 Å². The number of aliphatic hydroxyl groups is 1. The molecule has 0 aromatic heterocycles. The molecule has 226 valence electrons. The molecule has 7 nitrogen and oxygen atoms in total. The monoisotopic (exact) mass is 573 g/mol. The SMILES string of the molecule is CCCN(CCC)C(=O)C[C@@H]1[C@@H](C)[C@H]1CC(=O)N[C@@H](Cc1cc(F)cc(F)c1)[C@H](O)CNCc1cccc(OC)c1. The van der Waals surface area contributed by atoms with Gasteiger partial charge in [-0.3, -0.25) is 9.59 Å². The molecule has 1 saturated carbocycles. The van der Waals surface area contributed by atoms with Crippen LogP contribution in [0.25, 0.3) is 0 Å². The van der Waals surface area contributed by atoms with E-state index in [4.69, 9.17) is 4.74 Å². The average Bonchev–Trinajstić information content (AvgIpc) is 3.52. The van der Waals surface area contributed by atoms with Crippen LogP contribution in [0, 0.1) is 29.4 Å². The summed E-state index contributed by atoms with van der Waals surface area (Å²) in [5, 5.41) is 17.1. The smallest absolute Gasteiger partial charge is 0.222 e. The number of methoxy groups -OCH3 is 1. The number of ether oxygens (including phenoxy) is 1. The Hall–Kier alpha value is -3.04. The number of amides is 2. The van der Waals surface area contributed by atoms with Gasteiger partial charge in [0.05, 0.1) is 19.3 Å². The van der Waals surface area contributed by atoms with Gasteiger partial charge in [0.2, 0.25) is 11.8 Å². The van der Waals surface area contributed by atoms with Crippen molar-refractivity contribution < 1.29 is 28.2 Å². The number of nitrogens with zero attached hydrogens (tertiary/aromatic N) is 1.